The van der Waals surface area contributed by atoms with E-state index < -0.39 is 0 Å². The van der Waals surface area contributed by atoms with Crippen LogP contribution >= 0.6 is 0 Å². The van der Waals surface area contributed by atoms with Gasteiger partial charge in [0, 0.05) is 43.8 Å². The molecule has 26 heavy (non-hydrogen) atoms. The number of ether oxygens (including phenoxy) is 2. The van der Waals surface area contributed by atoms with Crippen molar-refractivity contribution < 1.29 is 9.47 Å². The molecule has 2 aliphatic rings. The van der Waals surface area contributed by atoms with Crippen molar-refractivity contribution in [2.24, 2.45) is 5.92 Å². The van der Waals surface area contributed by atoms with Crippen LogP contribution in [0.2, 0.25) is 0 Å². The normalized spacial score (nSPS) is 26.0. The molecule has 2 atom stereocenters. The van der Waals surface area contributed by atoms with Crippen molar-refractivity contribution in [3.63, 3.8) is 0 Å². The van der Waals surface area contributed by atoms with Gasteiger partial charge in [0.15, 0.2) is 0 Å². The Hall–Kier alpha value is -2.32. The largest absolute Gasteiger partial charge is 0.377 e. The van der Waals surface area contributed by atoms with E-state index in [0.29, 0.717) is 25.7 Å². The highest BCUT2D eigenvalue weighted by Gasteiger charge is 2.43. The average molecular weight is 356 g/mol. The van der Waals surface area contributed by atoms with Crippen LogP contribution in [-0.2, 0) is 9.47 Å². The first-order chi connectivity index (χ1) is 12.7. The minimum absolute atomic E-state index is 0.306. The van der Waals surface area contributed by atoms with Gasteiger partial charge in [-0.25, -0.2) is 15.0 Å². The summed E-state index contributed by atoms with van der Waals surface area (Å²) in [5.41, 5.74) is 0.751. The maximum Gasteiger partial charge on any atom is 0.225 e. The molecule has 2 aromatic heterocycles. The Morgan fingerprint density at radius 2 is 2.12 bits per heavy atom. The third-order valence-electron chi connectivity index (χ3n) is 4.82. The molecule has 4 rings (SSSR count). The molecular weight excluding hydrogens is 332 g/mol. The summed E-state index contributed by atoms with van der Waals surface area (Å²) in [5.74, 6) is 1.94. The van der Waals surface area contributed by atoms with Crippen LogP contribution in [0, 0.1) is 12.8 Å². The monoisotopic (exact) mass is 356 g/mol. The quantitative estimate of drug-likeness (QED) is 0.877. The fraction of sp³-hybridized carbons (Fsp3) is 0.556. The number of hydrogen-bond acceptors (Lipinski definition) is 8. The number of aromatic nitrogens is 4. The first-order valence-corrected chi connectivity index (χ1v) is 8.98. The first kappa shape index (κ1) is 17.1. The van der Waals surface area contributed by atoms with E-state index in [4.69, 9.17) is 9.47 Å². The van der Waals surface area contributed by atoms with Crippen LogP contribution in [0.3, 0.4) is 0 Å². The molecule has 0 amide bonds. The summed E-state index contributed by atoms with van der Waals surface area (Å²) in [4.78, 5) is 19.4. The van der Waals surface area contributed by atoms with Crippen molar-refractivity contribution >= 4 is 11.8 Å². The van der Waals surface area contributed by atoms with Crippen molar-refractivity contribution in [1.82, 2.24) is 19.9 Å². The third kappa shape index (κ3) is 3.91. The lowest BCUT2D eigenvalue weighted by molar-refractivity contribution is -0.0457. The Morgan fingerprint density at radius 1 is 1.23 bits per heavy atom. The SMILES string of the molecule is Cc1cnc(N2CCOCC3(CC(CNc4cnccn4)CO3)C2)nc1. The summed E-state index contributed by atoms with van der Waals surface area (Å²) >= 11 is 0. The Morgan fingerprint density at radius 3 is 2.92 bits per heavy atom. The minimum Gasteiger partial charge on any atom is -0.377 e. The lowest BCUT2D eigenvalue weighted by Crippen LogP contribution is -2.44. The van der Waals surface area contributed by atoms with E-state index in [1.807, 2.05) is 19.3 Å². The number of hydrogen-bond donors (Lipinski definition) is 1. The topological polar surface area (TPSA) is 85.3 Å². The van der Waals surface area contributed by atoms with E-state index in [9.17, 15) is 0 Å². The van der Waals surface area contributed by atoms with Crippen LogP contribution in [0.15, 0.2) is 31.0 Å². The fourth-order valence-electron chi connectivity index (χ4n) is 3.54. The summed E-state index contributed by atoms with van der Waals surface area (Å²) in [6.07, 6.45) is 9.73. The molecule has 2 aromatic rings. The lowest BCUT2D eigenvalue weighted by Gasteiger charge is -2.31. The second kappa shape index (κ2) is 7.51. The van der Waals surface area contributed by atoms with Gasteiger partial charge in [-0.1, -0.05) is 0 Å². The Labute approximate surface area is 153 Å². The number of anilines is 2. The van der Waals surface area contributed by atoms with Gasteiger partial charge in [-0.3, -0.25) is 4.98 Å². The fourth-order valence-corrected chi connectivity index (χ4v) is 3.54. The number of nitrogens with zero attached hydrogens (tertiary/aromatic N) is 5. The molecule has 2 fully saturated rings. The van der Waals surface area contributed by atoms with Crippen molar-refractivity contribution in [2.75, 3.05) is 49.7 Å². The zero-order valence-corrected chi connectivity index (χ0v) is 15.0. The molecule has 0 aliphatic carbocycles. The molecule has 2 saturated heterocycles. The van der Waals surface area contributed by atoms with Gasteiger partial charge in [-0.05, 0) is 18.9 Å². The first-order valence-electron chi connectivity index (χ1n) is 8.98. The predicted molar refractivity (Wildman–Crippen MR) is 97.1 cm³/mol. The molecule has 0 aromatic carbocycles. The van der Waals surface area contributed by atoms with Crippen LogP contribution in [0.1, 0.15) is 12.0 Å². The Kier molecular flexibility index (Phi) is 4.94. The molecule has 0 radical (unpaired) electrons. The van der Waals surface area contributed by atoms with Gasteiger partial charge in [0.1, 0.15) is 11.4 Å². The van der Waals surface area contributed by atoms with Gasteiger partial charge in [0.25, 0.3) is 0 Å². The van der Waals surface area contributed by atoms with E-state index in [1.54, 1.807) is 18.6 Å². The van der Waals surface area contributed by atoms with Gasteiger partial charge < -0.3 is 19.7 Å². The van der Waals surface area contributed by atoms with Gasteiger partial charge in [-0.2, -0.15) is 0 Å². The molecule has 0 bridgehead atoms. The van der Waals surface area contributed by atoms with Crippen molar-refractivity contribution in [3.05, 3.63) is 36.5 Å². The van der Waals surface area contributed by atoms with E-state index in [2.05, 4.69) is 30.2 Å². The smallest absolute Gasteiger partial charge is 0.225 e. The van der Waals surface area contributed by atoms with E-state index in [1.165, 1.54) is 0 Å². The van der Waals surface area contributed by atoms with Crippen molar-refractivity contribution in [1.29, 1.82) is 0 Å². The minimum atomic E-state index is -0.306. The second-order valence-electron chi connectivity index (χ2n) is 7.07. The second-order valence-corrected chi connectivity index (χ2v) is 7.07. The van der Waals surface area contributed by atoms with Crippen LogP contribution in [-0.4, -0.2) is 65.0 Å². The molecule has 4 heterocycles. The van der Waals surface area contributed by atoms with Crippen LogP contribution in [0.5, 0.6) is 0 Å². The molecule has 2 aliphatic heterocycles. The van der Waals surface area contributed by atoms with Crippen molar-refractivity contribution in [3.8, 4) is 0 Å². The van der Waals surface area contributed by atoms with Gasteiger partial charge >= 0.3 is 0 Å². The molecule has 0 saturated carbocycles. The summed E-state index contributed by atoms with van der Waals surface area (Å²) in [5, 5.41) is 3.34. The standard InChI is InChI=1S/C18H24N6O2/c1-14-7-22-17(23-8-14)24-4-5-25-13-18(12-24)6-15(11-26-18)9-21-16-10-19-2-3-20-16/h2-3,7-8,10,15H,4-6,9,11-13H2,1H3,(H,20,21). The van der Waals surface area contributed by atoms with E-state index in [-0.39, 0.29) is 5.60 Å². The Bertz CT molecular complexity index is 713. The van der Waals surface area contributed by atoms with Crippen molar-refractivity contribution in [2.45, 2.75) is 18.9 Å². The zero-order chi connectivity index (χ0) is 17.8. The summed E-state index contributed by atoms with van der Waals surface area (Å²) in [6, 6.07) is 0. The highest BCUT2D eigenvalue weighted by Crippen LogP contribution is 2.33. The number of nitrogens with one attached hydrogen (secondary N) is 1. The predicted octanol–water partition coefficient (Wildman–Crippen LogP) is 1.30. The van der Waals surface area contributed by atoms with Crippen LogP contribution in [0.4, 0.5) is 11.8 Å². The maximum atomic E-state index is 6.24. The molecular formula is C18H24N6O2. The van der Waals surface area contributed by atoms with E-state index in [0.717, 1.165) is 43.4 Å². The Balaban J connectivity index is 1.40. The summed E-state index contributed by atoms with van der Waals surface area (Å²) in [6.45, 7) is 6.29. The zero-order valence-electron chi connectivity index (χ0n) is 15.0. The van der Waals surface area contributed by atoms with Gasteiger partial charge in [0.05, 0.1) is 32.6 Å². The highest BCUT2D eigenvalue weighted by atomic mass is 16.5. The van der Waals surface area contributed by atoms with Crippen LogP contribution in [0.25, 0.3) is 0 Å². The average Bonchev–Trinajstić information content (AvgIpc) is 2.95. The third-order valence-corrected chi connectivity index (χ3v) is 4.82. The van der Waals surface area contributed by atoms with Gasteiger partial charge in [0.2, 0.25) is 5.95 Å². The molecule has 8 nitrogen and oxygen atoms in total. The number of rotatable bonds is 4. The molecule has 1 N–H and O–H groups in total. The van der Waals surface area contributed by atoms with Crippen LogP contribution < -0.4 is 10.2 Å². The van der Waals surface area contributed by atoms with Gasteiger partial charge in [-0.15, -0.1) is 0 Å². The molecule has 2 unspecified atom stereocenters. The summed E-state index contributed by atoms with van der Waals surface area (Å²) < 4.78 is 12.1. The summed E-state index contributed by atoms with van der Waals surface area (Å²) in [7, 11) is 0. The molecule has 1 spiro atoms. The maximum absolute atomic E-state index is 6.24. The highest BCUT2D eigenvalue weighted by molar-refractivity contribution is 5.32. The molecule has 138 valence electrons. The molecule has 8 heteroatoms. The van der Waals surface area contributed by atoms with E-state index >= 15 is 0 Å². The lowest BCUT2D eigenvalue weighted by atomic mass is 9.94. The number of aryl methyl sites for hydroxylation is 1.